The van der Waals surface area contributed by atoms with E-state index >= 15 is 0 Å². The van der Waals surface area contributed by atoms with Gasteiger partial charge >= 0.3 is 0 Å². The van der Waals surface area contributed by atoms with E-state index in [9.17, 15) is 5.11 Å². The zero-order chi connectivity index (χ0) is 19.1. The molecular formula is C23H26N4O. The first kappa shape index (κ1) is 17.6. The number of hydrogen-bond acceptors (Lipinski definition) is 4. The lowest BCUT2D eigenvalue weighted by atomic mass is 9.76. The SMILES string of the molecule is CN1C[C@H]2[C@@H](c3ccc(-n4ccnc4)cc3)N[C@](CO)(c3ccccc3)[C@H]2C1. The molecule has 2 aromatic carbocycles. The molecule has 4 atom stereocenters. The first-order chi connectivity index (χ1) is 13.7. The van der Waals surface area contributed by atoms with Gasteiger partial charge in [0.15, 0.2) is 0 Å². The molecule has 144 valence electrons. The van der Waals surface area contributed by atoms with Crippen molar-refractivity contribution in [3.05, 3.63) is 84.4 Å². The monoisotopic (exact) mass is 374 g/mol. The van der Waals surface area contributed by atoms with Gasteiger partial charge < -0.3 is 14.6 Å². The smallest absolute Gasteiger partial charge is 0.0991 e. The van der Waals surface area contributed by atoms with E-state index in [-0.39, 0.29) is 12.6 Å². The Morgan fingerprint density at radius 2 is 1.89 bits per heavy atom. The quantitative estimate of drug-likeness (QED) is 0.737. The molecule has 2 aliphatic heterocycles. The first-order valence-electron chi connectivity index (χ1n) is 9.92. The van der Waals surface area contributed by atoms with Crippen LogP contribution >= 0.6 is 0 Å². The Balaban J connectivity index is 1.52. The van der Waals surface area contributed by atoms with Crippen molar-refractivity contribution < 1.29 is 5.11 Å². The van der Waals surface area contributed by atoms with Gasteiger partial charge in [-0.3, -0.25) is 5.32 Å². The molecule has 0 amide bonds. The maximum atomic E-state index is 10.5. The summed E-state index contributed by atoms with van der Waals surface area (Å²) in [6.45, 7) is 2.15. The minimum atomic E-state index is -0.398. The van der Waals surface area contributed by atoms with Crippen molar-refractivity contribution in [2.75, 3.05) is 26.7 Å². The second-order valence-electron chi connectivity index (χ2n) is 8.17. The molecule has 0 spiro atoms. The molecule has 0 bridgehead atoms. The molecule has 3 heterocycles. The van der Waals surface area contributed by atoms with Crippen LogP contribution in [0.15, 0.2) is 73.3 Å². The highest BCUT2D eigenvalue weighted by atomic mass is 16.3. The van der Waals surface area contributed by atoms with Crippen LogP contribution in [-0.2, 0) is 5.54 Å². The summed E-state index contributed by atoms with van der Waals surface area (Å²) in [6.07, 6.45) is 5.56. The average Bonchev–Trinajstić information content (AvgIpc) is 3.46. The molecule has 5 heteroatoms. The summed E-state index contributed by atoms with van der Waals surface area (Å²) >= 11 is 0. The normalized spacial score (nSPS) is 29.9. The largest absolute Gasteiger partial charge is 0.394 e. The summed E-state index contributed by atoms with van der Waals surface area (Å²) in [6, 6.07) is 19.4. The van der Waals surface area contributed by atoms with Crippen LogP contribution in [0.1, 0.15) is 17.2 Å². The minimum absolute atomic E-state index is 0.107. The molecule has 0 unspecified atom stereocenters. The van der Waals surface area contributed by atoms with E-state index in [1.807, 2.05) is 23.2 Å². The molecule has 5 rings (SSSR count). The number of nitrogens with one attached hydrogen (secondary N) is 1. The summed E-state index contributed by atoms with van der Waals surface area (Å²) in [5.74, 6) is 0.847. The number of rotatable bonds is 4. The molecule has 2 fully saturated rings. The van der Waals surface area contributed by atoms with Gasteiger partial charge in [-0.05, 0) is 36.2 Å². The Morgan fingerprint density at radius 1 is 1.11 bits per heavy atom. The molecule has 2 aliphatic rings. The highest BCUT2D eigenvalue weighted by molar-refractivity contribution is 5.39. The van der Waals surface area contributed by atoms with E-state index in [2.05, 4.69) is 70.8 Å². The van der Waals surface area contributed by atoms with Crippen LogP contribution in [0.25, 0.3) is 5.69 Å². The fraction of sp³-hybridized carbons (Fsp3) is 0.348. The van der Waals surface area contributed by atoms with Crippen LogP contribution in [0.2, 0.25) is 0 Å². The Kier molecular flexibility index (Phi) is 4.31. The molecule has 3 aromatic rings. The van der Waals surface area contributed by atoms with Gasteiger partial charge in [-0.1, -0.05) is 42.5 Å². The topological polar surface area (TPSA) is 53.3 Å². The Labute approximate surface area is 165 Å². The van der Waals surface area contributed by atoms with Gasteiger partial charge in [0, 0.05) is 43.1 Å². The van der Waals surface area contributed by atoms with E-state index < -0.39 is 5.54 Å². The van der Waals surface area contributed by atoms with Crippen LogP contribution in [-0.4, -0.2) is 46.3 Å². The van der Waals surface area contributed by atoms with Crippen molar-refractivity contribution in [1.82, 2.24) is 19.8 Å². The predicted octanol–water partition coefficient (Wildman–Crippen LogP) is 2.58. The maximum Gasteiger partial charge on any atom is 0.0991 e. The van der Waals surface area contributed by atoms with Crippen LogP contribution in [0.5, 0.6) is 0 Å². The number of aliphatic hydroxyl groups excluding tert-OH is 1. The second-order valence-corrected chi connectivity index (χ2v) is 8.17. The molecule has 0 radical (unpaired) electrons. The van der Waals surface area contributed by atoms with Crippen molar-refractivity contribution in [3.8, 4) is 5.69 Å². The van der Waals surface area contributed by atoms with Crippen LogP contribution in [0, 0.1) is 11.8 Å². The van der Waals surface area contributed by atoms with Crippen molar-refractivity contribution in [3.63, 3.8) is 0 Å². The molecule has 28 heavy (non-hydrogen) atoms. The third kappa shape index (κ3) is 2.70. The molecule has 2 N–H and O–H groups in total. The number of likely N-dealkylation sites (tertiary alicyclic amines) is 1. The number of aliphatic hydroxyl groups is 1. The molecule has 5 nitrogen and oxygen atoms in total. The van der Waals surface area contributed by atoms with Gasteiger partial charge in [0.1, 0.15) is 0 Å². The van der Waals surface area contributed by atoms with Gasteiger partial charge in [-0.15, -0.1) is 0 Å². The van der Waals surface area contributed by atoms with Crippen LogP contribution < -0.4 is 5.32 Å². The van der Waals surface area contributed by atoms with Gasteiger partial charge in [0.25, 0.3) is 0 Å². The van der Waals surface area contributed by atoms with E-state index in [0.717, 1.165) is 18.8 Å². The number of nitrogens with zero attached hydrogens (tertiary/aromatic N) is 3. The first-order valence-corrected chi connectivity index (χ1v) is 9.92. The predicted molar refractivity (Wildman–Crippen MR) is 109 cm³/mol. The number of imidazole rings is 1. The zero-order valence-corrected chi connectivity index (χ0v) is 16.1. The third-order valence-corrected chi connectivity index (χ3v) is 6.61. The molecule has 0 saturated carbocycles. The Hall–Kier alpha value is -2.47. The molecule has 1 aromatic heterocycles. The zero-order valence-electron chi connectivity index (χ0n) is 16.1. The van der Waals surface area contributed by atoms with Gasteiger partial charge in [-0.2, -0.15) is 0 Å². The van der Waals surface area contributed by atoms with E-state index in [1.54, 1.807) is 6.20 Å². The lowest BCUT2D eigenvalue weighted by Gasteiger charge is -2.35. The highest BCUT2D eigenvalue weighted by Gasteiger charge is 2.56. The third-order valence-electron chi connectivity index (χ3n) is 6.61. The molecule has 2 saturated heterocycles. The summed E-state index contributed by atoms with van der Waals surface area (Å²) < 4.78 is 2.01. The standard InChI is InChI=1S/C23H26N4O/c1-26-13-20-21(14-26)23(15-28,18-5-3-2-4-6-18)25-22(20)17-7-9-19(10-8-17)27-12-11-24-16-27/h2-12,16,20-22,25,28H,13-15H2,1H3/t20-,21+,22-,23-/m1/s1. The van der Waals surface area contributed by atoms with Gasteiger partial charge in [0.05, 0.1) is 18.5 Å². The van der Waals surface area contributed by atoms with Crippen molar-refractivity contribution in [2.24, 2.45) is 11.8 Å². The second kappa shape index (κ2) is 6.85. The highest BCUT2D eigenvalue weighted by Crippen LogP contribution is 2.51. The number of fused-ring (bicyclic) bond motifs is 1. The van der Waals surface area contributed by atoms with Gasteiger partial charge in [-0.25, -0.2) is 4.98 Å². The summed E-state index contributed by atoms with van der Waals surface area (Å²) in [5.41, 5.74) is 3.17. The summed E-state index contributed by atoms with van der Waals surface area (Å²) in [7, 11) is 2.19. The Morgan fingerprint density at radius 3 is 2.57 bits per heavy atom. The van der Waals surface area contributed by atoms with E-state index in [4.69, 9.17) is 0 Å². The molecular weight excluding hydrogens is 348 g/mol. The Bertz CT molecular complexity index is 925. The maximum absolute atomic E-state index is 10.5. The van der Waals surface area contributed by atoms with E-state index in [0.29, 0.717) is 11.8 Å². The summed E-state index contributed by atoms with van der Waals surface area (Å²) in [4.78, 5) is 6.53. The van der Waals surface area contributed by atoms with Gasteiger partial charge in [0.2, 0.25) is 0 Å². The lowest BCUT2D eigenvalue weighted by Crippen LogP contribution is -2.47. The van der Waals surface area contributed by atoms with Crippen molar-refractivity contribution in [1.29, 1.82) is 0 Å². The van der Waals surface area contributed by atoms with Crippen LogP contribution in [0.3, 0.4) is 0 Å². The fourth-order valence-electron chi connectivity index (χ4n) is 5.27. The van der Waals surface area contributed by atoms with Crippen molar-refractivity contribution in [2.45, 2.75) is 11.6 Å². The lowest BCUT2D eigenvalue weighted by molar-refractivity contribution is 0.129. The molecule has 0 aliphatic carbocycles. The average molecular weight is 374 g/mol. The minimum Gasteiger partial charge on any atom is -0.394 e. The number of hydrogen-bond donors (Lipinski definition) is 2. The van der Waals surface area contributed by atoms with E-state index in [1.165, 1.54) is 11.1 Å². The number of benzene rings is 2. The van der Waals surface area contributed by atoms with Crippen LogP contribution in [0.4, 0.5) is 0 Å². The summed E-state index contributed by atoms with van der Waals surface area (Å²) in [5, 5.41) is 14.4. The fourth-order valence-corrected chi connectivity index (χ4v) is 5.27. The number of aromatic nitrogens is 2. The van der Waals surface area contributed by atoms with Crippen molar-refractivity contribution >= 4 is 0 Å².